The fraction of sp³-hybridized carbons (Fsp3) is 0.0833. The van der Waals surface area contributed by atoms with Gasteiger partial charge in [-0.3, -0.25) is 14.9 Å². The van der Waals surface area contributed by atoms with E-state index in [1.807, 2.05) is 13.0 Å². The Balaban J connectivity index is 1.99. The van der Waals surface area contributed by atoms with Gasteiger partial charge >= 0.3 is 11.9 Å². The van der Waals surface area contributed by atoms with Crippen LogP contribution in [0.15, 0.2) is 66.2 Å². The predicted octanol–water partition coefficient (Wildman–Crippen LogP) is 6.91. The van der Waals surface area contributed by atoms with E-state index in [2.05, 4.69) is 5.32 Å². The van der Waals surface area contributed by atoms with Crippen LogP contribution in [0.2, 0.25) is 5.02 Å². The van der Waals surface area contributed by atoms with Gasteiger partial charge < -0.3 is 10.1 Å². The number of nitro benzene ring substituents is 1. The molecular formula is C24H15ClF3N3O4. The van der Waals surface area contributed by atoms with E-state index in [4.69, 9.17) is 16.3 Å². The second-order valence-corrected chi connectivity index (χ2v) is 7.65. The number of nitro groups is 1. The number of nitriles is 1. The second kappa shape index (κ2) is 10.3. The standard InChI is InChI=1S/C24H15ClF3N3O4/c1-14-3-2-4-19(9-14)30-23(32)16(13-29)10-15-11-18(25)6-8-21(15)35-22-7-5-17(24(26,27)28)12-20(22)31(33)34/h2-12H,1H3,(H,30,32)/b16-10+. The summed E-state index contributed by atoms with van der Waals surface area (Å²) in [4.78, 5) is 23.0. The lowest BCUT2D eigenvalue weighted by molar-refractivity contribution is -0.385. The molecular weight excluding hydrogens is 487 g/mol. The largest absolute Gasteiger partial charge is 0.449 e. The molecule has 0 aliphatic rings. The number of amides is 1. The SMILES string of the molecule is Cc1cccc(NC(=O)/C(C#N)=C/c2cc(Cl)ccc2Oc2ccc(C(F)(F)F)cc2[N+](=O)[O-])c1. The number of nitrogens with one attached hydrogen (secondary N) is 1. The van der Waals surface area contributed by atoms with E-state index >= 15 is 0 Å². The van der Waals surface area contributed by atoms with Crippen molar-refractivity contribution < 1.29 is 27.6 Å². The summed E-state index contributed by atoms with van der Waals surface area (Å²) >= 11 is 6.02. The van der Waals surface area contributed by atoms with E-state index in [1.54, 1.807) is 24.3 Å². The summed E-state index contributed by atoms with van der Waals surface area (Å²) in [5.74, 6) is -1.28. The zero-order valence-corrected chi connectivity index (χ0v) is 18.6. The lowest BCUT2D eigenvalue weighted by Crippen LogP contribution is -2.13. The minimum absolute atomic E-state index is 0.0756. The number of alkyl halides is 3. The van der Waals surface area contributed by atoms with Crippen LogP contribution in [0, 0.1) is 28.4 Å². The van der Waals surface area contributed by atoms with Gasteiger partial charge in [-0.25, -0.2) is 0 Å². The van der Waals surface area contributed by atoms with E-state index in [0.717, 1.165) is 17.7 Å². The molecule has 0 saturated carbocycles. The Labute approximate surface area is 202 Å². The van der Waals surface area contributed by atoms with Crippen molar-refractivity contribution in [3.63, 3.8) is 0 Å². The maximum atomic E-state index is 13.0. The highest BCUT2D eigenvalue weighted by Crippen LogP contribution is 2.39. The monoisotopic (exact) mass is 501 g/mol. The average molecular weight is 502 g/mol. The molecule has 0 atom stereocenters. The molecule has 0 spiro atoms. The molecule has 0 unspecified atom stereocenters. The first kappa shape index (κ1) is 25.3. The van der Waals surface area contributed by atoms with Crippen molar-refractivity contribution in [1.29, 1.82) is 5.26 Å². The number of hydrogen-bond donors (Lipinski definition) is 1. The summed E-state index contributed by atoms with van der Waals surface area (Å²) in [6.45, 7) is 1.83. The average Bonchev–Trinajstić information content (AvgIpc) is 2.78. The summed E-state index contributed by atoms with van der Waals surface area (Å²) < 4.78 is 44.5. The van der Waals surface area contributed by atoms with Gasteiger partial charge in [0.2, 0.25) is 5.75 Å². The number of anilines is 1. The molecule has 3 aromatic carbocycles. The summed E-state index contributed by atoms with van der Waals surface area (Å²) in [6, 6.07) is 14.5. The van der Waals surface area contributed by atoms with Gasteiger partial charge in [-0.2, -0.15) is 18.4 Å². The smallest absolute Gasteiger partial charge is 0.416 e. The van der Waals surface area contributed by atoms with Crippen LogP contribution in [0.25, 0.3) is 6.08 Å². The van der Waals surface area contributed by atoms with Crippen molar-refractivity contribution in [2.45, 2.75) is 13.1 Å². The van der Waals surface area contributed by atoms with Crippen molar-refractivity contribution in [3.05, 3.63) is 98.1 Å². The molecule has 7 nitrogen and oxygen atoms in total. The lowest BCUT2D eigenvalue weighted by Gasteiger charge is -2.12. The van der Waals surface area contributed by atoms with Gasteiger partial charge in [-0.1, -0.05) is 23.7 Å². The van der Waals surface area contributed by atoms with Gasteiger partial charge in [0.15, 0.2) is 0 Å². The van der Waals surface area contributed by atoms with Gasteiger partial charge in [-0.15, -0.1) is 0 Å². The topological polar surface area (TPSA) is 105 Å². The number of carbonyl (C=O) groups is 1. The zero-order valence-electron chi connectivity index (χ0n) is 17.9. The van der Waals surface area contributed by atoms with Crippen LogP contribution >= 0.6 is 11.6 Å². The first-order valence-corrected chi connectivity index (χ1v) is 10.2. The first-order valence-electron chi connectivity index (χ1n) is 9.81. The second-order valence-electron chi connectivity index (χ2n) is 7.22. The Bertz CT molecular complexity index is 1380. The fourth-order valence-electron chi connectivity index (χ4n) is 2.99. The zero-order chi connectivity index (χ0) is 25.8. The molecule has 0 aromatic heterocycles. The molecule has 0 saturated heterocycles. The quantitative estimate of drug-likeness (QED) is 0.171. The van der Waals surface area contributed by atoms with Crippen molar-refractivity contribution in [3.8, 4) is 17.6 Å². The highest BCUT2D eigenvalue weighted by molar-refractivity contribution is 6.30. The predicted molar refractivity (Wildman–Crippen MR) is 123 cm³/mol. The molecule has 3 aromatic rings. The Hall–Kier alpha value is -4.36. The maximum absolute atomic E-state index is 13.0. The van der Waals surface area contributed by atoms with Gasteiger partial charge in [0.25, 0.3) is 5.91 Å². The molecule has 178 valence electrons. The van der Waals surface area contributed by atoms with Crippen LogP contribution in [0.5, 0.6) is 11.5 Å². The van der Waals surface area contributed by atoms with Gasteiger partial charge in [-0.05, 0) is 61.0 Å². The Kier molecular flexibility index (Phi) is 7.42. The minimum atomic E-state index is -4.79. The molecule has 0 aliphatic carbocycles. The van der Waals surface area contributed by atoms with Crippen LogP contribution in [0.3, 0.4) is 0 Å². The lowest BCUT2D eigenvalue weighted by atomic mass is 10.1. The number of carbonyl (C=O) groups excluding carboxylic acids is 1. The molecule has 0 radical (unpaired) electrons. The van der Waals surface area contributed by atoms with Crippen LogP contribution in [-0.2, 0) is 11.0 Å². The molecule has 0 heterocycles. The van der Waals surface area contributed by atoms with Crippen LogP contribution in [0.4, 0.5) is 24.5 Å². The van der Waals surface area contributed by atoms with E-state index in [1.165, 1.54) is 18.2 Å². The van der Waals surface area contributed by atoms with Gasteiger partial charge in [0.1, 0.15) is 17.4 Å². The van der Waals surface area contributed by atoms with Crippen LogP contribution in [0.1, 0.15) is 16.7 Å². The molecule has 3 rings (SSSR count). The third-order valence-electron chi connectivity index (χ3n) is 4.62. The number of rotatable bonds is 6. The molecule has 35 heavy (non-hydrogen) atoms. The van der Waals surface area contributed by atoms with E-state index in [-0.39, 0.29) is 21.9 Å². The Morgan fingerprint density at radius 2 is 1.86 bits per heavy atom. The number of nitrogens with zero attached hydrogens (tertiary/aromatic N) is 2. The molecule has 0 bridgehead atoms. The van der Waals surface area contributed by atoms with E-state index in [9.17, 15) is 33.3 Å². The van der Waals surface area contributed by atoms with Crippen molar-refractivity contribution in [2.75, 3.05) is 5.32 Å². The molecule has 1 amide bonds. The maximum Gasteiger partial charge on any atom is 0.416 e. The van der Waals surface area contributed by atoms with Crippen molar-refractivity contribution in [2.24, 2.45) is 0 Å². The number of aryl methyl sites for hydroxylation is 1. The summed E-state index contributed by atoms with van der Waals surface area (Å²) in [5.41, 5.74) is -1.02. The van der Waals surface area contributed by atoms with Crippen molar-refractivity contribution >= 4 is 35.0 Å². The van der Waals surface area contributed by atoms with E-state index in [0.29, 0.717) is 17.8 Å². The third kappa shape index (κ3) is 6.37. The summed E-state index contributed by atoms with van der Waals surface area (Å²) in [5, 5.41) is 23.7. The fourth-order valence-corrected chi connectivity index (χ4v) is 3.17. The number of benzene rings is 3. The molecule has 11 heteroatoms. The Morgan fingerprint density at radius 1 is 1.14 bits per heavy atom. The summed E-state index contributed by atoms with van der Waals surface area (Å²) in [6.07, 6.45) is -3.63. The van der Waals surface area contributed by atoms with Gasteiger partial charge in [0, 0.05) is 22.3 Å². The minimum Gasteiger partial charge on any atom is -0.449 e. The van der Waals surface area contributed by atoms with Crippen LogP contribution < -0.4 is 10.1 Å². The first-order chi connectivity index (χ1) is 16.5. The Morgan fingerprint density at radius 3 is 2.49 bits per heavy atom. The van der Waals surface area contributed by atoms with Crippen molar-refractivity contribution in [1.82, 2.24) is 0 Å². The molecule has 0 fully saturated rings. The number of halogens is 4. The normalized spacial score (nSPS) is 11.5. The molecule has 0 aliphatic heterocycles. The molecule has 1 N–H and O–H groups in total. The van der Waals surface area contributed by atoms with Crippen LogP contribution in [-0.4, -0.2) is 10.8 Å². The highest BCUT2D eigenvalue weighted by Gasteiger charge is 2.33. The third-order valence-corrected chi connectivity index (χ3v) is 4.85. The van der Waals surface area contributed by atoms with E-state index < -0.39 is 34.0 Å². The van der Waals surface area contributed by atoms with Gasteiger partial charge in [0.05, 0.1) is 10.5 Å². The highest BCUT2D eigenvalue weighted by atomic mass is 35.5. The summed E-state index contributed by atoms with van der Waals surface area (Å²) in [7, 11) is 0. The number of ether oxygens (including phenoxy) is 1. The number of hydrogen-bond acceptors (Lipinski definition) is 5.